The molecule has 0 radical (unpaired) electrons. The van der Waals surface area contributed by atoms with Gasteiger partial charge in [0.05, 0.1) is 13.2 Å². The molecule has 0 aromatic rings. The highest BCUT2D eigenvalue weighted by molar-refractivity contribution is 7.47. The molecular weight excluding hydrogens is 745 g/mol. The van der Waals surface area contributed by atoms with Crippen molar-refractivity contribution in [3.8, 4) is 0 Å². The van der Waals surface area contributed by atoms with Crippen molar-refractivity contribution in [2.45, 2.75) is 187 Å². The highest BCUT2D eigenvalue weighted by Crippen LogP contribution is 2.43. The Balaban J connectivity index is 4.36. The van der Waals surface area contributed by atoms with Crippen molar-refractivity contribution in [1.82, 2.24) is 0 Å². The number of unbranched alkanes of at least 4 members (excludes halogenated alkanes) is 20. The molecule has 0 aromatic carbocycles. The topological polar surface area (TPSA) is 172 Å². The van der Waals surface area contributed by atoms with Crippen LogP contribution in [0.15, 0.2) is 60.8 Å². The average molecular weight is 824 g/mol. The van der Waals surface area contributed by atoms with Crippen LogP contribution in [0.3, 0.4) is 0 Å². The summed E-state index contributed by atoms with van der Waals surface area (Å²) in [7, 11) is -4.73. The molecule has 0 saturated heterocycles. The van der Waals surface area contributed by atoms with Gasteiger partial charge >= 0.3 is 25.7 Å². The van der Waals surface area contributed by atoms with E-state index in [1.807, 2.05) is 54.7 Å². The quantitative estimate of drug-likeness (QED) is 0.0232. The van der Waals surface area contributed by atoms with Gasteiger partial charge < -0.3 is 25.2 Å². The minimum absolute atomic E-state index is 0.0641. The number of carboxylic acids is 1. The number of esters is 2. The molecule has 4 N–H and O–H groups in total. The molecule has 0 heterocycles. The van der Waals surface area contributed by atoms with Crippen molar-refractivity contribution in [3.05, 3.63) is 60.8 Å². The van der Waals surface area contributed by atoms with Gasteiger partial charge in [-0.2, -0.15) is 0 Å². The summed E-state index contributed by atoms with van der Waals surface area (Å²) in [6, 6.07) is -1.53. The summed E-state index contributed by atoms with van der Waals surface area (Å²) < 4.78 is 32.6. The molecule has 0 aliphatic heterocycles. The van der Waals surface area contributed by atoms with Crippen LogP contribution in [0.4, 0.5) is 0 Å². The second-order valence-corrected chi connectivity index (χ2v) is 16.0. The standard InChI is InChI=1S/C45H78NO10P/c1-3-5-7-9-11-13-15-17-18-19-20-21-22-23-25-26-28-30-32-34-36-43(47)53-38-41(39-54-57(51,52)55-40-42(46)45(49)50)56-44(48)37-35-33-31-29-27-24-16-14-12-10-8-6-4-2/h6,8,10,12,14,16,24,27,29,31,41-42H,3-5,7,9,11,13,15,17-23,25-26,28,30,32-40,46H2,1-2H3,(H,49,50)(H,51,52)/b8-6+,12-10+,16-14+,27-24+,31-29+/t41?,42-/m1/s1. The van der Waals surface area contributed by atoms with Crippen LogP contribution >= 0.6 is 7.82 Å². The van der Waals surface area contributed by atoms with Crippen LogP contribution < -0.4 is 5.73 Å². The smallest absolute Gasteiger partial charge is 0.472 e. The van der Waals surface area contributed by atoms with Crippen LogP contribution in [0.25, 0.3) is 0 Å². The van der Waals surface area contributed by atoms with Gasteiger partial charge in [-0.1, -0.05) is 197 Å². The summed E-state index contributed by atoms with van der Waals surface area (Å²) in [6.07, 6.45) is 46.0. The van der Waals surface area contributed by atoms with Crippen molar-refractivity contribution in [2.75, 3.05) is 19.8 Å². The van der Waals surface area contributed by atoms with Crippen LogP contribution in [0.5, 0.6) is 0 Å². The van der Waals surface area contributed by atoms with E-state index in [1.54, 1.807) is 0 Å². The number of aliphatic carboxylic acids is 1. The molecule has 0 bridgehead atoms. The van der Waals surface area contributed by atoms with Crippen molar-refractivity contribution in [1.29, 1.82) is 0 Å². The first-order valence-corrected chi connectivity index (χ1v) is 23.4. The first kappa shape index (κ1) is 54.2. The molecule has 11 nitrogen and oxygen atoms in total. The van der Waals surface area contributed by atoms with E-state index in [9.17, 15) is 23.8 Å². The third-order valence-electron chi connectivity index (χ3n) is 9.16. The third kappa shape index (κ3) is 39.8. The fourth-order valence-electron chi connectivity index (χ4n) is 5.74. The monoisotopic (exact) mass is 824 g/mol. The number of phosphoric acid groups is 1. The first-order valence-electron chi connectivity index (χ1n) is 21.9. The molecule has 0 saturated carbocycles. The minimum atomic E-state index is -4.73. The molecule has 0 rings (SSSR count). The lowest BCUT2D eigenvalue weighted by atomic mass is 10.0. The number of rotatable bonds is 40. The van der Waals surface area contributed by atoms with E-state index in [1.165, 1.54) is 103 Å². The Hall–Kier alpha value is -2.82. The molecule has 0 aliphatic carbocycles. The molecule has 3 atom stereocenters. The van der Waals surface area contributed by atoms with Crippen LogP contribution in [0.1, 0.15) is 174 Å². The van der Waals surface area contributed by atoms with Gasteiger partial charge in [0.1, 0.15) is 12.6 Å². The fraction of sp³-hybridized carbons (Fsp3) is 0.711. The Bertz CT molecular complexity index is 1200. The normalized spacial score (nSPS) is 14.3. The number of ether oxygens (including phenoxy) is 2. The Morgan fingerprint density at radius 2 is 0.982 bits per heavy atom. The van der Waals surface area contributed by atoms with E-state index in [2.05, 4.69) is 24.4 Å². The summed E-state index contributed by atoms with van der Waals surface area (Å²) in [4.78, 5) is 45.9. The summed E-state index contributed by atoms with van der Waals surface area (Å²) in [5.41, 5.74) is 5.32. The predicted molar refractivity (Wildman–Crippen MR) is 231 cm³/mol. The number of carboxylic acid groups (broad SMARTS) is 1. The SMILES string of the molecule is CC/C=C/C=C/C=C/C=C/C=C/CCCC(=O)OC(COC(=O)CCCCCCCCCCCCCCCCCCCCCC)COP(=O)(O)OC[C@@H](N)C(=O)O. The highest BCUT2D eigenvalue weighted by atomic mass is 31.2. The van der Waals surface area contributed by atoms with Crippen molar-refractivity contribution in [3.63, 3.8) is 0 Å². The molecule has 0 aromatic heterocycles. The second kappa shape index (κ2) is 40.0. The predicted octanol–water partition coefficient (Wildman–Crippen LogP) is 11.6. The summed E-state index contributed by atoms with van der Waals surface area (Å²) >= 11 is 0. The highest BCUT2D eigenvalue weighted by Gasteiger charge is 2.28. The molecule has 0 aliphatic rings. The molecule has 0 spiro atoms. The van der Waals surface area contributed by atoms with E-state index >= 15 is 0 Å². The van der Waals surface area contributed by atoms with Gasteiger partial charge in [-0.3, -0.25) is 23.4 Å². The van der Waals surface area contributed by atoms with E-state index in [0.717, 1.165) is 25.7 Å². The number of carbonyl (C=O) groups is 3. The zero-order valence-electron chi connectivity index (χ0n) is 35.4. The number of hydrogen-bond acceptors (Lipinski definition) is 9. The Kier molecular flexibility index (Phi) is 38.0. The third-order valence-corrected chi connectivity index (χ3v) is 10.1. The number of nitrogens with two attached hydrogens (primary N) is 1. The number of hydrogen-bond donors (Lipinski definition) is 3. The molecule has 57 heavy (non-hydrogen) atoms. The Morgan fingerprint density at radius 1 is 0.561 bits per heavy atom. The van der Waals surface area contributed by atoms with Gasteiger partial charge in [-0.15, -0.1) is 0 Å². The molecular formula is C45H78NO10P. The number of allylic oxidation sites excluding steroid dienone is 10. The molecule has 0 amide bonds. The van der Waals surface area contributed by atoms with Crippen molar-refractivity contribution in [2.24, 2.45) is 5.73 Å². The maximum Gasteiger partial charge on any atom is 0.472 e. The maximum absolute atomic E-state index is 12.6. The molecule has 0 fully saturated rings. The van der Waals surface area contributed by atoms with Gasteiger partial charge in [0.25, 0.3) is 0 Å². The Labute approximate surface area is 345 Å². The van der Waals surface area contributed by atoms with Gasteiger partial charge in [0.2, 0.25) is 0 Å². The van der Waals surface area contributed by atoms with Crippen LogP contribution in [-0.4, -0.2) is 59.9 Å². The lowest BCUT2D eigenvalue weighted by Gasteiger charge is -2.20. The summed E-state index contributed by atoms with van der Waals surface area (Å²) in [5, 5.41) is 8.88. The molecule has 2 unspecified atom stereocenters. The van der Waals surface area contributed by atoms with Crippen LogP contribution in [0.2, 0.25) is 0 Å². The van der Waals surface area contributed by atoms with Crippen LogP contribution in [0, 0.1) is 0 Å². The largest absolute Gasteiger partial charge is 0.480 e. The van der Waals surface area contributed by atoms with E-state index in [4.69, 9.17) is 24.8 Å². The maximum atomic E-state index is 12.6. The van der Waals surface area contributed by atoms with Crippen LogP contribution in [-0.2, 0) is 37.5 Å². The van der Waals surface area contributed by atoms with Gasteiger partial charge in [0.15, 0.2) is 6.10 Å². The van der Waals surface area contributed by atoms with Crippen molar-refractivity contribution < 1.29 is 47.5 Å². The first-order chi connectivity index (χ1) is 27.6. The van der Waals surface area contributed by atoms with Gasteiger partial charge in [-0.05, 0) is 25.7 Å². The van der Waals surface area contributed by atoms with E-state index < -0.39 is 51.1 Å². The van der Waals surface area contributed by atoms with E-state index in [-0.39, 0.29) is 19.4 Å². The van der Waals surface area contributed by atoms with Crippen molar-refractivity contribution >= 4 is 25.7 Å². The summed E-state index contributed by atoms with van der Waals surface area (Å²) in [6.45, 7) is 2.59. The molecule has 12 heteroatoms. The zero-order valence-corrected chi connectivity index (χ0v) is 36.3. The molecule has 328 valence electrons. The second-order valence-electron chi connectivity index (χ2n) is 14.6. The average Bonchev–Trinajstić information content (AvgIpc) is 3.19. The van der Waals surface area contributed by atoms with Gasteiger partial charge in [0, 0.05) is 12.8 Å². The summed E-state index contributed by atoms with van der Waals surface area (Å²) in [5.74, 6) is -2.47. The number of carbonyl (C=O) groups excluding carboxylic acids is 2. The van der Waals surface area contributed by atoms with E-state index in [0.29, 0.717) is 19.3 Å². The lowest BCUT2D eigenvalue weighted by molar-refractivity contribution is -0.161. The lowest BCUT2D eigenvalue weighted by Crippen LogP contribution is -2.34. The van der Waals surface area contributed by atoms with Gasteiger partial charge in [-0.25, -0.2) is 4.57 Å². The zero-order chi connectivity index (χ0) is 42.1. The number of phosphoric ester groups is 1. The fourth-order valence-corrected chi connectivity index (χ4v) is 6.52. The minimum Gasteiger partial charge on any atom is -0.480 e. The Morgan fingerprint density at radius 3 is 1.46 bits per heavy atom.